The molecule has 6 rings (SSSR count). The number of amides is 14. The number of aliphatic hydroxyl groups is 3. The maximum absolute atomic E-state index is 15.4. The van der Waals surface area contributed by atoms with E-state index in [1.54, 1.807) is 74.5 Å². The van der Waals surface area contributed by atoms with Crippen molar-refractivity contribution in [2.45, 2.75) is 221 Å². The van der Waals surface area contributed by atoms with Crippen LogP contribution in [0.3, 0.4) is 0 Å². The molecule has 1 fully saturated rings. The van der Waals surface area contributed by atoms with Crippen molar-refractivity contribution in [3.8, 4) is 5.75 Å². The van der Waals surface area contributed by atoms with Gasteiger partial charge in [0.05, 0.1) is 61.5 Å². The molecule has 2 aliphatic rings. The number of nitrogens with one attached hydrogen (secondary N) is 13. The fourth-order valence-corrected chi connectivity index (χ4v) is 17.6. The average Bonchev–Trinajstić information content (AvgIpc) is 1.64. The molecule has 1 aromatic heterocycles. The van der Waals surface area contributed by atoms with Gasteiger partial charge in [0.1, 0.15) is 66.1 Å². The number of fused-ring (bicyclic) bond motifs is 3. The third kappa shape index (κ3) is 34.3. The summed E-state index contributed by atoms with van der Waals surface area (Å²) in [5, 5.41) is 98.8. The topological polar surface area (TPSA) is 697 Å². The fraction of sp³-hybridized carbons (Fsp3) is 0.548. The lowest BCUT2D eigenvalue weighted by atomic mass is 9.95. The lowest BCUT2D eigenvalue weighted by Gasteiger charge is -2.35. The van der Waals surface area contributed by atoms with E-state index in [-0.39, 0.29) is 84.7 Å². The number of aliphatic hydroxyl groups excluding tert-OH is 3. The van der Waals surface area contributed by atoms with Crippen LogP contribution in [0.2, 0.25) is 0 Å². The highest BCUT2D eigenvalue weighted by Crippen LogP contribution is 2.33. The summed E-state index contributed by atoms with van der Waals surface area (Å²) < 4.78 is 21.5. The molecule has 2 aliphatic heterocycles. The van der Waals surface area contributed by atoms with Crippen LogP contribution < -0.4 is 80.0 Å². The van der Waals surface area contributed by atoms with Gasteiger partial charge in [-0.05, 0) is 68.2 Å². The summed E-state index contributed by atoms with van der Waals surface area (Å²) in [7, 11) is 2.35. The molecule has 0 aliphatic carbocycles. The summed E-state index contributed by atoms with van der Waals surface area (Å²) in [5.41, 5.74) is 11.8. The number of likely N-dealkylation sites (tertiary alicyclic amines) is 1. The molecule has 0 radical (unpaired) electrons. The van der Waals surface area contributed by atoms with Crippen LogP contribution >= 0.6 is 21.6 Å². The van der Waals surface area contributed by atoms with Gasteiger partial charge < -0.3 is 135 Å². The zero-order valence-corrected chi connectivity index (χ0v) is 75.0. The van der Waals surface area contributed by atoms with Gasteiger partial charge in [0.15, 0.2) is 6.04 Å². The minimum absolute atomic E-state index is 0.00580. The predicted octanol–water partition coefficient (Wildman–Crippen LogP) is -2.48. The first-order valence-corrected chi connectivity index (χ1v) is 46.1. The number of primary amides is 1. The standard InChI is InChI=1S/C84H118N16O27S3/c1-6-45(2)69-77(117)89-38-65(107)91-61(75(115)99-70(47(4)71(86)111)79(118)100-40-50(103)37-84(100,5)44-102)43-130(126)78-53(36-59(72(112)88-39-66(108)98-69)93-76(116)68(85)46(3)62(104)41-101)52-25-24-51(35-56(52)95-78)127-31-18-32-128-129-42-60(82(123)124)94-74(114)58(34-49-21-14-11-15-22-49)92-73(113)57(33-48-19-12-10-13-20-48)90-64(106)23-16-8-7-9-17-30-87-63(105)28-26-54(80(119)120)96-83(125)97-55(81(121)122)27-29-67(109)110/h10-15,19-22,24-25,35,44-47,50,54-55,57-62,68-70,95,101,103-104H,6-9,16-18,23,26-34,36-43,85H2,1-5H3,(H2,86,111)(H,87,105)(H,88,112)(H,89,117)(H,90,106)(H,91,107)(H,92,113)(H,93,116)(H,94,114)(H,98,108)(H,99,115)(H,109,110)(H,119,120)(H,121,122)(H,123,124)(H2,96,97,125)/t45-,46-,47+,50+,54?,55?,57-,58-,59?,60?,61?,62-,68-,69-,70-,84+,130?/m0/s1. The minimum atomic E-state index is -2.56. The monoisotopic (exact) mass is 1880 g/mol. The maximum atomic E-state index is 15.4. The van der Waals surface area contributed by atoms with Crippen LogP contribution in [0.1, 0.15) is 135 Å². The number of H-pyrrole nitrogens is 1. The van der Waals surface area contributed by atoms with Crippen molar-refractivity contribution in [1.82, 2.24) is 73.7 Å². The molecule has 6 unspecified atom stereocenters. The Morgan fingerprint density at radius 3 is 1.85 bits per heavy atom. The number of hydrogen-bond acceptors (Lipinski definition) is 26. The number of β-amino-alcohol motifs (C(OH)–C–C–N with tert-alkyl or cyclic N) is 1. The van der Waals surface area contributed by atoms with Crippen molar-refractivity contribution in [3.63, 3.8) is 0 Å². The van der Waals surface area contributed by atoms with E-state index in [1.807, 2.05) is 5.32 Å². The van der Waals surface area contributed by atoms with E-state index in [2.05, 4.69) is 63.5 Å². The molecule has 1 saturated heterocycles. The molecule has 4 aromatic rings. The fourth-order valence-electron chi connectivity index (χ4n) is 14.0. The Bertz CT molecular complexity index is 4600. The number of carboxylic acid groups (broad SMARTS) is 4. The number of aromatic nitrogens is 1. The average molecular weight is 1880 g/mol. The molecule has 46 heteroatoms. The summed E-state index contributed by atoms with van der Waals surface area (Å²) in [5.74, 6) is -20.4. The highest BCUT2D eigenvalue weighted by molar-refractivity contribution is 8.76. The van der Waals surface area contributed by atoms with Crippen molar-refractivity contribution in [1.29, 1.82) is 0 Å². The maximum Gasteiger partial charge on any atom is 0.327 e. The van der Waals surface area contributed by atoms with E-state index >= 15 is 4.55 Å². The Labute approximate surface area is 759 Å². The summed E-state index contributed by atoms with van der Waals surface area (Å²) in [6, 6.07) is 4.96. The number of carboxylic acids is 4. The summed E-state index contributed by atoms with van der Waals surface area (Å²) in [6.45, 7) is 4.61. The lowest BCUT2D eigenvalue weighted by Crippen LogP contribution is -2.62. The molecule has 43 nitrogen and oxygen atoms in total. The van der Waals surface area contributed by atoms with Crippen LogP contribution in [0, 0.1) is 17.8 Å². The Hall–Kier alpha value is -11.7. The van der Waals surface area contributed by atoms with Crippen molar-refractivity contribution < 1.29 is 131 Å². The molecule has 0 spiro atoms. The molecule has 3 heterocycles. The number of benzene rings is 3. The third-order valence-electron chi connectivity index (χ3n) is 21.9. The molecule has 14 amide bonds. The Morgan fingerprint density at radius 2 is 1.27 bits per heavy atom. The SMILES string of the molecule is CC[C@H](C)[C@@H]1NC(=O)CNC(=O)C(NC(=O)[C@@H](N)[C@@H](C)[C@@H](O)CO)Cc2c([nH]c3cc(OCCCSSCC(NC(=O)[C@H](Cc4ccccc4)NC(=O)[C@H](Cc4ccccc4)NC(=O)CCCCCCCNC(=O)CCC(NC(=O)NC(CCC(=O)O)C(=O)O)C(=O)O)C(=O)O)ccc23)[S+]([O-])CC(C(=O)N[C@H](C(=O)N2C[C@H](O)C[C@]2(C)C=O)[C@@H](C)C(N)=O)NC(=O)CNC1=O. The van der Waals surface area contributed by atoms with Crippen LogP contribution in [0.4, 0.5) is 4.79 Å². The Balaban J connectivity index is 1.14. The van der Waals surface area contributed by atoms with Crippen LogP contribution in [0.15, 0.2) is 83.9 Å². The van der Waals surface area contributed by atoms with E-state index < -0.39 is 259 Å². The van der Waals surface area contributed by atoms with Gasteiger partial charge in [-0.25, -0.2) is 19.2 Å². The molecule has 17 atom stereocenters. The summed E-state index contributed by atoms with van der Waals surface area (Å²) in [4.78, 5) is 243. The highest BCUT2D eigenvalue weighted by atomic mass is 33.1. The Morgan fingerprint density at radius 1 is 0.692 bits per heavy atom. The van der Waals surface area contributed by atoms with Crippen molar-refractivity contribution >= 4 is 151 Å². The van der Waals surface area contributed by atoms with Gasteiger partial charge in [0, 0.05) is 104 Å². The highest BCUT2D eigenvalue weighted by Gasteiger charge is 2.49. The summed E-state index contributed by atoms with van der Waals surface area (Å²) in [6.07, 6.45) is -1.52. The van der Waals surface area contributed by atoms with E-state index in [0.29, 0.717) is 68.1 Å². The number of aldehydes is 1. The largest absolute Gasteiger partial charge is 0.610 e. The van der Waals surface area contributed by atoms with Gasteiger partial charge in [0.2, 0.25) is 75.9 Å². The van der Waals surface area contributed by atoms with Crippen molar-refractivity contribution in [2.24, 2.45) is 29.2 Å². The molecule has 24 N–H and O–H groups in total. The second-order valence-electron chi connectivity index (χ2n) is 32.0. The van der Waals surface area contributed by atoms with E-state index in [0.717, 1.165) is 15.7 Å². The Kier molecular flexibility index (Phi) is 44.0. The summed E-state index contributed by atoms with van der Waals surface area (Å²) >= 11 is -2.56. The number of aromatic amines is 1. The zero-order valence-electron chi connectivity index (χ0n) is 72.5. The minimum Gasteiger partial charge on any atom is -0.610 e. The molecule has 130 heavy (non-hydrogen) atoms. The number of urea groups is 1. The first-order chi connectivity index (χ1) is 61.7. The van der Waals surface area contributed by atoms with Crippen molar-refractivity contribution in [2.75, 3.05) is 56.7 Å². The van der Waals surface area contributed by atoms with Gasteiger partial charge in [-0.15, -0.1) is 0 Å². The molecular formula is C84H118N16O27S3. The molecular weight excluding hydrogens is 1760 g/mol. The molecule has 0 saturated carbocycles. The van der Waals surface area contributed by atoms with Crippen LogP contribution in [-0.4, -0.2) is 292 Å². The number of carbonyl (C=O) groups excluding carboxylic acids is 14. The van der Waals surface area contributed by atoms with E-state index in [4.69, 9.17) is 21.3 Å². The number of rotatable bonds is 49. The lowest BCUT2D eigenvalue weighted by molar-refractivity contribution is -0.145. The van der Waals surface area contributed by atoms with Crippen molar-refractivity contribution in [3.05, 3.63) is 95.6 Å². The normalized spacial score (nSPS) is 20.0. The van der Waals surface area contributed by atoms with Crippen LogP contribution in [-0.2, 0) is 112 Å². The van der Waals surface area contributed by atoms with Gasteiger partial charge in [-0.3, -0.25) is 62.3 Å². The third-order valence-corrected chi connectivity index (χ3v) is 25.9. The number of ether oxygens (including phenoxy) is 1. The second kappa shape index (κ2) is 53.5. The first-order valence-electron chi connectivity index (χ1n) is 42.3. The molecule has 0 bridgehead atoms. The number of hydrogen-bond donors (Lipinski definition) is 22. The van der Waals surface area contributed by atoms with E-state index in [9.17, 15) is 117 Å². The number of unbranched alkanes of at least 4 members (excludes halogenated alkanes) is 4. The van der Waals surface area contributed by atoms with Gasteiger partial charge in [0.25, 0.3) is 0 Å². The van der Waals surface area contributed by atoms with Crippen LogP contribution in [0.5, 0.6) is 5.75 Å². The smallest absolute Gasteiger partial charge is 0.327 e. The van der Waals surface area contributed by atoms with Crippen LogP contribution in [0.25, 0.3) is 10.9 Å². The second-order valence-corrected chi connectivity index (χ2v) is 36.1. The zero-order chi connectivity index (χ0) is 96.1. The molecule has 714 valence electrons. The van der Waals surface area contributed by atoms with Gasteiger partial charge >= 0.3 is 29.9 Å². The number of nitrogens with two attached hydrogens (primary N) is 2. The van der Waals surface area contributed by atoms with E-state index in [1.165, 1.54) is 49.8 Å². The predicted molar refractivity (Wildman–Crippen MR) is 472 cm³/mol. The van der Waals surface area contributed by atoms with Gasteiger partial charge in [-0.1, -0.05) is 136 Å². The first kappa shape index (κ1) is 107. The molecule has 3 aromatic carbocycles. The number of aliphatic carboxylic acids is 4. The quantitative estimate of drug-likeness (QED) is 0.00942. The number of nitrogens with zero attached hydrogens (tertiary/aromatic N) is 1. The number of carbonyl (C=O) groups is 18. The van der Waals surface area contributed by atoms with Gasteiger partial charge in [-0.2, -0.15) is 0 Å².